The van der Waals surface area contributed by atoms with Crippen LogP contribution >= 0.6 is 15.9 Å². The van der Waals surface area contributed by atoms with Crippen molar-refractivity contribution in [1.82, 2.24) is 25.1 Å². The lowest BCUT2D eigenvalue weighted by Crippen LogP contribution is -2.49. The van der Waals surface area contributed by atoms with Crippen LogP contribution in [0.5, 0.6) is 0 Å². The van der Waals surface area contributed by atoms with Crippen LogP contribution in [0.3, 0.4) is 0 Å². The SMILES string of the molecule is CC(=O)[C@H]1C[C@H]2C[C@H]2N1C(=O)c1cc(C)ncc1Br.Cc1cc(C(=O)N2[C@@H](C(=O)N[C@@H](c3cc(F)c(C)cc3F)C3CC3)C[C@H]3C[C@H]32)c(C(C)O)cn1. The summed E-state index contributed by atoms with van der Waals surface area (Å²) in [5, 5.41) is 13.1. The van der Waals surface area contributed by atoms with Gasteiger partial charge < -0.3 is 20.2 Å². The molecule has 2 aliphatic heterocycles. The van der Waals surface area contributed by atoms with Gasteiger partial charge in [-0.1, -0.05) is 0 Å². The van der Waals surface area contributed by atoms with Crippen LogP contribution in [0.4, 0.5) is 8.78 Å². The molecule has 5 fully saturated rings. The van der Waals surface area contributed by atoms with Gasteiger partial charge in [0.25, 0.3) is 11.8 Å². The second-order valence-corrected chi connectivity index (χ2v) is 16.4. The zero-order valence-electron chi connectivity index (χ0n) is 30.4. The van der Waals surface area contributed by atoms with Gasteiger partial charge in [0, 0.05) is 57.0 Å². The monoisotopic (exact) mass is 791 g/mol. The normalized spacial score (nSPS) is 26.1. The van der Waals surface area contributed by atoms with Gasteiger partial charge >= 0.3 is 0 Å². The van der Waals surface area contributed by atoms with Crippen LogP contribution in [0.25, 0.3) is 0 Å². The van der Waals surface area contributed by atoms with Gasteiger partial charge in [-0.25, -0.2) is 8.78 Å². The predicted octanol–water partition coefficient (Wildman–Crippen LogP) is 6.24. The van der Waals surface area contributed by atoms with Crippen LogP contribution in [-0.4, -0.2) is 72.5 Å². The van der Waals surface area contributed by atoms with E-state index in [9.17, 15) is 33.1 Å². The van der Waals surface area contributed by atoms with Gasteiger partial charge in [-0.2, -0.15) is 0 Å². The first kappa shape index (κ1) is 37.2. The third-order valence-corrected chi connectivity index (χ3v) is 12.1. The Balaban J connectivity index is 0.000000193. The third-order valence-electron chi connectivity index (χ3n) is 11.4. The zero-order valence-corrected chi connectivity index (χ0v) is 32.0. The molecule has 13 heteroatoms. The number of ketones is 1. The number of rotatable bonds is 8. The molecule has 2 N–H and O–H groups in total. The summed E-state index contributed by atoms with van der Waals surface area (Å²) in [4.78, 5) is 63.2. The fourth-order valence-electron chi connectivity index (χ4n) is 8.20. The lowest BCUT2D eigenvalue weighted by Gasteiger charge is -2.30. The standard InChI is InChI=1S/C26H29F2N3O3.C14H15BrN2O2/c1-12-6-21(28)18(10-20(12)27)24(15-4-5-15)30-25(33)23-9-16-8-22(16)31(23)26(34)17-7-13(2)29-11-19(17)14(3)32;1-7-3-10(11(15)6-16-7)14(19)17-12(8(2)18)4-9-5-13(9)17/h6-7,10-11,14-16,22-24,32H,4-5,8-9H2,1-3H3,(H,30,33);3,6,9,12-13H,4-5H2,1-2H3/t14?,16-,22-,23-,24-;9-,12+,13+/m10/s1. The fraction of sp³-hybridized carbons (Fsp3) is 0.500. The number of benzene rings is 1. The number of Topliss-reactive ketones (excluding diaryl/α,β-unsaturated/α-hetero) is 1. The minimum absolute atomic E-state index is 0.0218. The summed E-state index contributed by atoms with van der Waals surface area (Å²) in [6.07, 6.45) is 7.16. The number of fused-ring (bicyclic) bond motifs is 2. The summed E-state index contributed by atoms with van der Waals surface area (Å²) in [5.74, 6) is -0.828. The maximum atomic E-state index is 14.7. The van der Waals surface area contributed by atoms with Crippen LogP contribution in [0, 0.1) is 50.2 Å². The van der Waals surface area contributed by atoms with Crippen LogP contribution < -0.4 is 5.32 Å². The highest BCUT2D eigenvalue weighted by molar-refractivity contribution is 9.10. The Bertz CT molecular complexity index is 2010. The summed E-state index contributed by atoms with van der Waals surface area (Å²) in [6.45, 7) is 8.28. The number of aliphatic hydroxyl groups excluding tert-OH is 1. The molecule has 0 bridgehead atoms. The van der Waals surface area contributed by atoms with Crippen LogP contribution in [-0.2, 0) is 9.59 Å². The van der Waals surface area contributed by atoms with Gasteiger partial charge in [0.1, 0.15) is 17.7 Å². The highest BCUT2D eigenvalue weighted by atomic mass is 79.9. The summed E-state index contributed by atoms with van der Waals surface area (Å²) >= 11 is 3.37. The van der Waals surface area contributed by atoms with E-state index in [1.807, 2.05) is 6.92 Å². The van der Waals surface area contributed by atoms with Crippen molar-refractivity contribution >= 4 is 39.4 Å². The van der Waals surface area contributed by atoms with Gasteiger partial charge in [0.2, 0.25) is 5.91 Å². The number of carbonyl (C=O) groups is 4. The molecule has 4 heterocycles. The number of carbonyl (C=O) groups excluding carboxylic acids is 4. The Kier molecular flexibility index (Phi) is 10.0. The minimum atomic E-state index is -0.879. The van der Waals surface area contributed by atoms with Crippen molar-refractivity contribution in [2.45, 2.75) is 109 Å². The predicted molar refractivity (Wildman–Crippen MR) is 195 cm³/mol. The average Bonchev–Trinajstić information content (AvgIpc) is 4.07. The van der Waals surface area contributed by atoms with Gasteiger partial charge in [-0.15, -0.1) is 0 Å². The molecule has 2 saturated heterocycles. The first-order valence-corrected chi connectivity index (χ1v) is 19.1. The van der Waals surface area contributed by atoms with Crippen molar-refractivity contribution in [2.24, 2.45) is 17.8 Å². The van der Waals surface area contributed by atoms with Crippen molar-refractivity contribution in [1.29, 1.82) is 0 Å². The van der Waals surface area contributed by atoms with E-state index >= 15 is 0 Å². The van der Waals surface area contributed by atoms with E-state index in [0.29, 0.717) is 39.2 Å². The van der Waals surface area contributed by atoms with Crippen LogP contribution in [0.15, 0.2) is 41.1 Å². The van der Waals surface area contributed by atoms with Crippen molar-refractivity contribution in [3.8, 4) is 0 Å². The molecule has 53 heavy (non-hydrogen) atoms. The number of aryl methyl sites for hydroxylation is 3. The highest BCUT2D eigenvalue weighted by Gasteiger charge is 2.57. The molecule has 8 atom stereocenters. The molecule has 0 radical (unpaired) electrons. The third kappa shape index (κ3) is 7.38. The van der Waals surface area contributed by atoms with Crippen molar-refractivity contribution in [2.75, 3.05) is 0 Å². The molecule has 1 aromatic carbocycles. The number of hydrogen-bond donors (Lipinski definition) is 2. The minimum Gasteiger partial charge on any atom is -0.389 e. The molecule has 2 aromatic heterocycles. The molecular formula is C40H44BrF2N5O5. The molecule has 0 spiro atoms. The summed E-state index contributed by atoms with van der Waals surface area (Å²) in [7, 11) is 0. The van der Waals surface area contributed by atoms with Crippen molar-refractivity contribution in [3.63, 3.8) is 0 Å². The van der Waals surface area contributed by atoms with E-state index in [1.54, 1.807) is 48.9 Å². The van der Waals surface area contributed by atoms with Crippen molar-refractivity contribution in [3.05, 3.63) is 92.0 Å². The van der Waals surface area contributed by atoms with E-state index in [0.717, 1.165) is 43.9 Å². The fourth-order valence-corrected chi connectivity index (χ4v) is 8.58. The Morgan fingerprint density at radius 1 is 0.811 bits per heavy atom. The molecule has 3 saturated carbocycles. The van der Waals surface area contributed by atoms with Crippen LogP contribution in [0.1, 0.15) is 113 Å². The summed E-state index contributed by atoms with van der Waals surface area (Å²) < 4.78 is 29.7. The second kappa shape index (κ2) is 14.3. The Morgan fingerprint density at radius 2 is 1.38 bits per heavy atom. The average molecular weight is 793 g/mol. The summed E-state index contributed by atoms with van der Waals surface area (Å²) in [5.41, 5.74) is 3.19. The number of halogens is 3. The number of pyridine rings is 2. The molecule has 3 aliphatic carbocycles. The number of nitrogens with one attached hydrogen (secondary N) is 1. The van der Waals surface area contributed by atoms with E-state index in [1.165, 1.54) is 19.2 Å². The van der Waals surface area contributed by atoms with E-state index < -0.39 is 29.8 Å². The summed E-state index contributed by atoms with van der Waals surface area (Å²) in [6, 6.07) is 4.45. The number of piperidine rings is 2. The quantitative estimate of drug-likeness (QED) is 0.276. The van der Waals surface area contributed by atoms with Gasteiger partial charge in [0.05, 0.1) is 23.8 Å². The zero-order chi connectivity index (χ0) is 38.0. The van der Waals surface area contributed by atoms with Gasteiger partial charge in [-0.05, 0) is 137 Å². The Hall–Kier alpha value is -4.10. The van der Waals surface area contributed by atoms with E-state index in [2.05, 4.69) is 31.2 Å². The number of amides is 3. The van der Waals surface area contributed by atoms with E-state index in [4.69, 9.17) is 0 Å². The first-order chi connectivity index (χ1) is 25.1. The molecule has 10 nitrogen and oxygen atoms in total. The number of hydrogen-bond acceptors (Lipinski definition) is 7. The number of aliphatic hydroxyl groups is 1. The molecule has 5 aliphatic rings. The second-order valence-electron chi connectivity index (χ2n) is 15.5. The molecular weight excluding hydrogens is 748 g/mol. The Morgan fingerprint density at radius 3 is 1.98 bits per heavy atom. The largest absolute Gasteiger partial charge is 0.389 e. The topological polar surface area (TPSA) is 133 Å². The smallest absolute Gasteiger partial charge is 0.255 e. The highest BCUT2D eigenvalue weighted by Crippen LogP contribution is 2.50. The number of aromatic nitrogens is 2. The lowest BCUT2D eigenvalue weighted by atomic mass is 9.98. The molecule has 3 aromatic rings. The molecule has 8 rings (SSSR count). The first-order valence-electron chi connectivity index (χ1n) is 18.3. The van der Waals surface area contributed by atoms with Gasteiger partial charge in [0.15, 0.2) is 5.78 Å². The molecule has 280 valence electrons. The van der Waals surface area contributed by atoms with E-state index in [-0.39, 0.29) is 64.6 Å². The Labute approximate surface area is 315 Å². The van der Waals surface area contributed by atoms with Crippen LogP contribution in [0.2, 0.25) is 0 Å². The van der Waals surface area contributed by atoms with Crippen molar-refractivity contribution < 1.29 is 33.1 Å². The molecule has 3 amide bonds. The maximum absolute atomic E-state index is 14.7. The lowest BCUT2D eigenvalue weighted by molar-refractivity contribution is -0.126. The molecule has 1 unspecified atom stereocenters. The number of likely N-dealkylation sites (tertiary alicyclic amines) is 2. The van der Waals surface area contributed by atoms with Gasteiger partial charge in [-0.3, -0.25) is 29.1 Å². The maximum Gasteiger partial charge on any atom is 0.255 e. The number of nitrogens with zero attached hydrogens (tertiary/aromatic N) is 4.